The van der Waals surface area contributed by atoms with Crippen LogP contribution in [0.3, 0.4) is 0 Å². The topological polar surface area (TPSA) is 95.9 Å². The monoisotopic (exact) mass is 267 g/mol. The van der Waals surface area contributed by atoms with E-state index >= 15 is 0 Å². The molecule has 104 valence electrons. The molecule has 3 N–H and O–H groups in total. The van der Waals surface area contributed by atoms with E-state index in [0.717, 1.165) is 0 Å². The number of carbonyl (C=O) groups excluding carboxylic acids is 1. The van der Waals surface area contributed by atoms with Gasteiger partial charge in [0, 0.05) is 17.7 Å². The molecular weight excluding hydrogens is 250 g/mol. The normalized spacial score (nSPS) is 13.4. The maximum absolute atomic E-state index is 11.8. The van der Waals surface area contributed by atoms with Crippen molar-refractivity contribution in [3.05, 3.63) is 18.2 Å². The number of methoxy groups -OCH3 is 1. The summed E-state index contributed by atoms with van der Waals surface area (Å²) >= 11 is 0. The van der Waals surface area contributed by atoms with E-state index in [2.05, 4.69) is 5.32 Å². The fourth-order valence-corrected chi connectivity index (χ4v) is 1.46. The first-order valence-electron chi connectivity index (χ1n) is 5.77. The Bertz CT molecular complexity index is 486. The third-order valence-corrected chi connectivity index (χ3v) is 3.00. The second-order valence-electron chi connectivity index (χ2n) is 4.29. The number of phenolic OH excluding ortho intramolecular Hbond substituents is 1. The molecule has 0 spiro atoms. The summed E-state index contributed by atoms with van der Waals surface area (Å²) in [7, 11) is 1.42. The molecule has 6 nitrogen and oxygen atoms in total. The third kappa shape index (κ3) is 3.61. The number of hydrogen-bond donors (Lipinski definition) is 3. The van der Waals surface area contributed by atoms with Crippen molar-refractivity contribution < 1.29 is 24.5 Å². The second kappa shape index (κ2) is 6.08. The zero-order chi connectivity index (χ0) is 14.6. The first kappa shape index (κ1) is 14.8. The summed E-state index contributed by atoms with van der Waals surface area (Å²) in [5, 5.41) is 21.0. The van der Waals surface area contributed by atoms with Gasteiger partial charge in [0.05, 0.1) is 13.0 Å². The Morgan fingerprint density at radius 2 is 1.89 bits per heavy atom. The molecule has 0 aliphatic rings. The molecule has 0 saturated heterocycles. The van der Waals surface area contributed by atoms with E-state index < -0.39 is 23.7 Å². The van der Waals surface area contributed by atoms with Gasteiger partial charge in [-0.1, -0.05) is 13.8 Å². The Balaban J connectivity index is 2.77. The average molecular weight is 267 g/mol. The molecule has 0 bridgehead atoms. The summed E-state index contributed by atoms with van der Waals surface area (Å²) in [4.78, 5) is 22.6. The van der Waals surface area contributed by atoms with E-state index in [1.54, 1.807) is 6.07 Å². The zero-order valence-electron chi connectivity index (χ0n) is 11.0. The van der Waals surface area contributed by atoms with E-state index in [-0.39, 0.29) is 5.75 Å². The average Bonchev–Trinajstić information content (AvgIpc) is 2.37. The van der Waals surface area contributed by atoms with Crippen molar-refractivity contribution in [3.63, 3.8) is 0 Å². The van der Waals surface area contributed by atoms with Crippen LogP contribution < -0.4 is 10.1 Å². The number of carboxylic acid groups (broad SMARTS) is 1. The number of aliphatic carboxylic acids is 1. The van der Waals surface area contributed by atoms with Gasteiger partial charge in [-0.15, -0.1) is 0 Å². The van der Waals surface area contributed by atoms with Gasteiger partial charge in [0.25, 0.3) is 0 Å². The van der Waals surface area contributed by atoms with Crippen LogP contribution in [0.1, 0.15) is 13.8 Å². The summed E-state index contributed by atoms with van der Waals surface area (Å²) in [6, 6.07) is 4.42. The summed E-state index contributed by atoms with van der Waals surface area (Å²) in [6.45, 7) is 3.01. The number of benzene rings is 1. The molecule has 0 fully saturated rings. The molecule has 2 atom stereocenters. The molecule has 0 aliphatic heterocycles. The lowest BCUT2D eigenvalue weighted by Crippen LogP contribution is -2.29. The van der Waals surface area contributed by atoms with Crippen LogP contribution in [0, 0.1) is 11.8 Å². The molecule has 0 saturated carbocycles. The van der Waals surface area contributed by atoms with Crippen molar-refractivity contribution in [2.75, 3.05) is 12.4 Å². The number of ether oxygens (including phenoxy) is 1. The van der Waals surface area contributed by atoms with E-state index in [9.17, 15) is 14.7 Å². The fraction of sp³-hybridized carbons (Fsp3) is 0.385. The van der Waals surface area contributed by atoms with Gasteiger partial charge in [-0.2, -0.15) is 0 Å². The van der Waals surface area contributed by atoms with Crippen LogP contribution in [-0.4, -0.2) is 29.2 Å². The minimum atomic E-state index is -1.03. The number of phenols is 1. The molecule has 1 rings (SSSR count). The van der Waals surface area contributed by atoms with Crippen LogP contribution in [-0.2, 0) is 9.59 Å². The highest BCUT2D eigenvalue weighted by atomic mass is 16.5. The Hall–Kier alpha value is -2.24. The SMILES string of the molecule is COc1ccc(NC(=O)C(C)C(C)C(=O)O)cc1O. The smallest absolute Gasteiger partial charge is 0.307 e. The molecule has 2 unspecified atom stereocenters. The van der Waals surface area contributed by atoms with Crippen molar-refractivity contribution in [1.29, 1.82) is 0 Å². The fourth-order valence-electron chi connectivity index (χ4n) is 1.46. The Labute approximate surface area is 111 Å². The van der Waals surface area contributed by atoms with Gasteiger partial charge in [0.15, 0.2) is 11.5 Å². The largest absolute Gasteiger partial charge is 0.504 e. The van der Waals surface area contributed by atoms with Gasteiger partial charge in [-0.3, -0.25) is 9.59 Å². The van der Waals surface area contributed by atoms with Crippen molar-refractivity contribution in [2.24, 2.45) is 11.8 Å². The lowest BCUT2D eigenvalue weighted by molar-refractivity contribution is -0.145. The quantitative estimate of drug-likeness (QED) is 0.754. The van der Waals surface area contributed by atoms with Crippen molar-refractivity contribution in [3.8, 4) is 11.5 Å². The molecule has 1 aromatic carbocycles. The minimum Gasteiger partial charge on any atom is -0.504 e. The molecule has 0 aromatic heterocycles. The molecule has 1 aromatic rings. The van der Waals surface area contributed by atoms with Gasteiger partial charge in [-0.05, 0) is 12.1 Å². The number of carbonyl (C=O) groups is 2. The Kier molecular flexibility index (Phi) is 4.74. The predicted octanol–water partition coefficient (Wildman–Crippen LogP) is 1.70. The van der Waals surface area contributed by atoms with Gasteiger partial charge in [0.1, 0.15) is 0 Å². The number of rotatable bonds is 5. The van der Waals surface area contributed by atoms with E-state index in [4.69, 9.17) is 9.84 Å². The highest BCUT2D eigenvalue weighted by molar-refractivity contribution is 5.95. The van der Waals surface area contributed by atoms with Crippen LogP contribution in [0.15, 0.2) is 18.2 Å². The number of carboxylic acids is 1. The number of aromatic hydroxyl groups is 1. The molecule has 6 heteroatoms. The van der Waals surface area contributed by atoms with E-state index in [1.807, 2.05) is 0 Å². The summed E-state index contributed by atoms with van der Waals surface area (Å²) in [6.07, 6.45) is 0. The number of hydrogen-bond acceptors (Lipinski definition) is 4. The van der Waals surface area contributed by atoms with Crippen LogP contribution >= 0.6 is 0 Å². The van der Waals surface area contributed by atoms with Crippen LogP contribution in [0.2, 0.25) is 0 Å². The number of anilines is 1. The summed E-state index contributed by atoms with van der Waals surface area (Å²) < 4.78 is 4.88. The Morgan fingerprint density at radius 3 is 2.37 bits per heavy atom. The predicted molar refractivity (Wildman–Crippen MR) is 69.3 cm³/mol. The van der Waals surface area contributed by atoms with Crippen LogP contribution in [0.25, 0.3) is 0 Å². The van der Waals surface area contributed by atoms with Crippen molar-refractivity contribution >= 4 is 17.6 Å². The lowest BCUT2D eigenvalue weighted by atomic mass is 9.95. The standard InChI is InChI=1S/C13H17NO5/c1-7(8(2)13(17)18)12(16)14-9-4-5-11(19-3)10(15)6-9/h4-8,15H,1-3H3,(H,14,16)(H,17,18). The van der Waals surface area contributed by atoms with E-state index in [0.29, 0.717) is 11.4 Å². The second-order valence-corrected chi connectivity index (χ2v) is 4.29. The first-order chi connectivity index (χ1) is 8.86. The van der Waals surface area contributed by atoms with Crippen molar-refractivity contribution in [1.82, 2.24) is 0 Å². The van der Waals surface area contributed by atoms with Gasteiger partial charge in [0.2, 0.25) is 5.91 Å². The van der Waals surface area contributed by atoms with E-state index in [1.165, 1.54) is 33.1 Å². The molecule has 0 aliphatic carbocycles. The maximum Gasteiger partial charge on any atom is 0.307 e. The van der Waals surface area contributed by atoms with Crippen LogP contribution in [0.4, 0.5) is 5.69 Å². The number of amides is 1. The highest BCUT2D eigenvalue weighted by Gasteiger charge is 2.25. The minimum absolute atomic E-state index is 0.0979. The van der Waals surface area contributed by atoms with Gasteiger partial charge >= 0.3 is 5.97 Å². The maximum atomic E-state index is 11.8. The Morgan fingerprint density at radius 1 is 1.26 bits per heavy atom. The summed E-state index contributed by atoms with van der Waals surface area (Å²) in [5.41, 5.74) is 0.382. The van der Waals surface area contributed by atoms with Crippen molar-refractivity contribution in [2.45, 2.75) is 13.8 Å². The molecule has 1 amide bonds. The van der Waals surface area contributed by atoms with Gasteiger partial charge in [-0.25, -0.2) is 0 Å². The molecule has 0 radical (unpaired) electrons. The third-order valence-electron chi connectivity index (χ3n) is 3.00. The first-order valence-corrected chi connectivity index (χ1v) is 5.77. The number of nitrogens with one attached hydrogen (secondary N) is 1. The zero-order valence-corrected chi connectivity index (χ0v) is 11.0. The van der Waals surface area contributed by atoms with Crippen LogP contribution in [0.5, 0.6) is 11.5 Å². The van der Waals surface area contributed by atoms with Gasteiger partial charge < -0.3 is 20.3 Å². The molecule has 0 heterocycles. The summed E-state index contributed by atoms with van der Waals surface area (Å²) in [5.74, 6) is -2.71. The molecule has 19 heavy (non-hydrogen) atoms. The highest BCUT2D eigenvalue weighted by Crippen LogP contribution is 2.28. The molecular formula is C13H17NO5. The lowest BCUT2D eigenvalue weighted by Gasteiger charge is -2.16.